The van der Waals surface area contributed by atoms with Crippen molar-refractivity contribution in [3.63, 3.8) is 0 Å². The average Bonchev–Trinajstić information content (AvgIpc) is 2.17. The van der Waals surface area contributed by atoms with Gasteiger partial charge in [0.25, 0.3) is 0 Å². The molecule has 0 unspecified atom stereocenters. The Bertz CT molecular complexity index is 392. The van der Waals surface area contributed by atoms with Gasteiger partial charge in [0.05, 0.1) is 0 Å². The molecule has 0 radical (unpaired) electrons. The summed E-state index contributed by atoms with van der Waals surface area (Å²) in [6.07, 6.45) is 0. The van der Waals surface area contributed by atoms with Crippen LogP contribution in [0.5, 0.6) is 0 Å². The minimum absolute atomic E-state index is 0.598. The fourth-order valence-corrected chi connectivity index (χ4v) is 2.68. The Kier molecular flexibility index (Phi) is 2.59. The summed E-state index contributed by atoms with van der Waals surface area (Å²) in [5.74, 6) is 0. The normalized spacial score (nSPS) is 10.5. The van der Waals surface area contributed by atoms with Crippen molar-refractivity contribution in [2.45, 2.75) is 0 Å². The topological polar surface area (TPSA) is 0 Å². The molecule has 2 rings (SSSR count). The van der Waals surface area contributed by atoms with Gasteiger partial charge in [-0.05, 0) is 0 Å². The molecule has 0 heterocycles. The molecule has 0 fully saturated rings. The zero-order valence-electron chi connectivity index (χ0n) is 6.95. The fourth-order valence-electron chi connectivity index (χ4n) is 1.37. The van der Waals surface area contributed by atoms with E-state index in [0.717, 1.165) is 0 Å². The van der Waals surface area contributed by atoms with Crippen molar-refractivity contribution in [1.29, 1.82) is 0 Å². The zero-order valence-corrected chi connectivity index (χ0v) is 8.66. The van der Waals surface area contributed by atoms with E-state index >= 15 is 0 Å². The van der Waals surface area contributed by atoms with Crippen LogP contribution in [0.4, 0.5) is 0 Å². The number of fused-ring (bicyclic) bond motifs is 1. The Labute approximate surface area is 86.0 Å². The molecule has 0 amide bonds. The second-order valence-corrected chi connectivity index (χ2v) is 4.46. The minimum atomic E-state index is 0.598. The van der Waals surface area contributed by atoms with Crippen LogP contribution in [0.15, 0.2) is 42.5 Å². The van der Waals surface area contributed by atoms with Crippen LogP contribution < -0.4 is 4.46 Å². The zero-order chi connectivity index (χ0) is 8.39. The van der Waals surface area contributed by atoms with Crippen LogP contribution in [0.2, 0.25) is 0 Å². The standard InChI is InChI=1S/C10H8Se.Li/c11-10-7-3-5-8-4-1-2-6-9(8)10;/h1-7,11H;/q;+1/p-1. The van der Waals surface area contributed by atoms with Gasteiger partial charge in [-0.1, -0.05) is 0 Å². The monoisotopic (exact) mass is 214 g/mol. The quantitative estimate of drug-likeness (QED) is 0.625. The van der Waals surface area contributed by atoms with Crippen LogP contribution in [-0.4, -0.2) is 28.5 Å². The van der Waals surface area contributed by atoms with Crippen LogP contribution >= 0.6 is 0 Å². The maximum atomic E-state index is 2.26. The van der Waals surface area contributed by atoms with Crippen molar-refractivity contribution in [3.05, 3.63) is 42.5 Å². The van der Waals surface area contributed by atoms with Crippen LogP contribution in [0.3, 0.4) is 0 Å². The Morgan fingerprint density at radius 1 is 0.917 bits per heavy atom. The number of hydrogen-bond acceptors (Lipinski definition) is 0. The molecule has 0 aromatic heterocycles. The summed E-state index contributed by atoms with van der Waals surface area (Å²) in [6, 6.07) is 15.1. The molecule has 0 aliphatic carbocycles. The van der Waals surface area contributed by atoms with Gasteiger partial charge in [0.15, 0.2) is 0 Å². The van der Waals surface area contributed by atoms with Crippen LogP contribution in [0.1, 0.15) is 0 Å². The number of benzene rings is 2. The van der Waals surface area contributed by atoms with Gasteiger partial charge in [-0.25, -0.2) is 0 Å². The SMILES string of the molecule is [Li][Se]c1cccc2ccccc12. The second kappa shape index (κ2) is 3.69. The first-order valence-electron chi connectivity index (χ1n) is 3.93. The van der Waals surface area contributed by atoms with Gasteiger partial charge in [0.2, 0.25) is 0 Å². The van der Waals surface area contributed by atoms with E-state index in [0.29, 0.717) is 12.8 Å². The van der Waals surface area contributed by atoms with E-state index < -0.39 is 0 Å². The van der Waals surface area contributed by atoms with Gasteiger partial charge in [0, 0.05) is 0 Å². The molecule has 0 N–H and O–H groups in total. The Morgan fingerprint density at radius 3 is 2.50 bits per heavy atom. The Morgan fingerprint density at radius 2 is 1.67 bits per heavy atom. The van der Waals surface area contributed by atoms with Crippen molar-refractivity contribution in [3.8, 4) is 0 Å². The number of hydrogen-bond donors (Lipinski definition) is 0. The molecule has 12 heavy (non-hydrogen) atoms. The fraction of sp³-hybridized carbons (Fsp3) is 0. The first kappa shape index (κ1) is 8.42. The molecule has 0 nitrogen and oxygen atoms in total. The van der Waals surface area contributed by atoms with Crippen molar-refractivity contribution >= 4 is 43.8 Å². The van der Waals surface area contributed by atoms with Gasteiger partial charge in [-0.2, -0.15) is 0 Å². The van der Waals surface area contributed by atoms with Crippen molar-refractivity contribution < 1.29 is 0 Å². The molecule has 2 aromatic rings. The van der Waals surface area contributed by atoms with E-state index in [1.165, 1.54) is 15.2 Å². The molecule has 2 heteroatoms. The summed E-state index contributed by atoms with van der Waals surface area (Å²) in [4.78, 5) is 0. The summed E-state index contributed by atoms with van der Waals surface area (Å²) in [7, 11) is 0. The van der Waals surface area contributed by atoms with Crippen molar-refractivity contribution in [2.75, 3.05) is 0 Å². The van der Waals surface area contributed by atoms with Crippen LogP contribution in [-0.2, 0) is 0 Å². The Balaban J connectivity index is 2.79. The molecule has 0 atom stereocenters. The third-order valence-corrected chi connectivity index (χ3v) is 3.64. The van der Waals surface area contributed by atoms with Gasteiger partial charge in [-0.3, -0.25) is 0 Å². The molecular formula is C10H7LiSe. The second-order valence-electron chi connectivity index (χ2n) is 2.68. The molecule has 0 spiro atoms. The van der Waals surface area contributed by atoms with Crippen LogP contribution in [0, 0.1) is 0 Å². The maximum absolute atomic E-state index is 2.26. The van der Waals surface area contributed by atoms with Gasteiger partial charge in [-0.15, -0.1) is 0 Å². The molecule has 0 saturated carbocycles. The van der Waals surface area contributed by atoms with Gasteiger partial charge >= 0.3 is 86.2 Å². The van der Waals surface area contributed by atoms with Gasteiger partial charge < -0.3 is 0 Å². The average molecular weight is 213 g/mol. The van der Waals surface area contributed by atoms with E-state index in [4.69, 9.17) is 0 Å². The molecule has 0 saturated heterocycles. The number of rotatable bonds is 1. The predicted octanol–water partition coefficient (Wildman–Crippen LogP) is 1.25. The summed E-state index contributed by atoms with van der Waals surface area (Å²) in [5.41, 5.74) is 0. The Hall–Kier alpha value is -0.183. The van der Waals surface area contributed by atoms with Crippen LogP contribution in [0.25, 0.3) is 10.8 Å². The van der Waals surface area contributed by atoms with E-state index in [2.05, 4.69) is 58.2 Å². The molecule has 2 aromatic carbocycles. The first-order valence-corrected chi connectivity index (χ1v) is 6.50. The third kappa shape index (κ3) is 1.47. The van der Waals surface area contributed by atoms with Crippen molar-refractivity contribution in [2.24, 2.45) is 0 Å². The molecule has 0 aliphatic heterocycles. The third-order valence-electron chi connectivity index (χ3n) is 1.97. The van der Waals surface area contributed by atoms with Gasteiger partial charge in [0.1, 0.15) is 0 Å². The molecular weight excluding hydrogens is 206 g/mol. The molecule has 0 bridgehead atoms. The molecule has 0 aliphatic rings. The summed E-state index contributed by atoms with van der Waals surface area (Å²) in [5, 5.41) is 2.78. The van der Waals surface area contributed by atoms with E-state index in [1.54, 1.807) is 0 Å². The predicted molar refractivity (Wildman–Crippen MR) is 55.1 cm³/mol. The van der Waals surface area contributed by atoms with Crippen molar-refractivity contribution in [1.82, 2.24) is 0 Å². The summed E-state index contributed by atoms with van der Waals surface area (Å²) >= 11 is 2.86. The molecule has 54 valence electrons. The first-order chi connectivity index (χ1) is 5.92. The summed E-state index contributed by atoms with van der Waals surface area (Å²) < 4.78 is 1.50. The van der Waals surface area contributed by atoms with E-state index in [-0.39, 0.29) is 0 Å². The van der Waals surface area contributed by atoms with E-state index in [1.807, 2.05) is 0 Å². The van der Waals surface area contributed by atoms with E-state index in [9.17, 15) is 0 Å². The summed E-state index contributed by atoms with van der Waals surface area (Å²) in [6.45, 7) is 0.